The number of benzene rings is 1. The van der Waals surface area contributed by atoms with Crippen molar-refractivity contribution in [1.82, 2.24) is 20.0 Å². The molecule has 0 radical (unpaired) electrons. The second-order valence-corrected chi connectivity index (χ2v) is 7.66. The molecule has 6 nitrogen and oxygen atoms in total. The van der Waals surface area contributed by atoms with Gasteiger partial charge in [0, 0.05) is 32.7 Å². The summed E-state index contributed by atoms with van der Waals surface area (Å²) < 4.78 is 0. The molecule has 1 saturated carbocycles. The minimum atomic E-state index is -0.674. The highest BCUT2D eigenvalue weighted by Gasteiger charge is 2.56. The monoisotopic (exact) mass is 342 g/mol. The third-order valence-electron chi connectivity index (χ3n) is 5.75. The Bertz CT molecular complexity index is 653. The summed E-state index contributed by atoms with van der Waals surface area (Å²) in [6.07, 6.45) is 2.07. The molecule has 3 amide bonds. The maximum atomic E-state index is 12.7. The van der Waals surface area contributed by atoms with Gasteiger partial charge >= 0.3 is 6.03 Å². The molecule has 1 N–H and O–H groups in total. The van der Waals surface area contributed by atoms with Crippen LogP contribution in [0.15, 0.2) is 30.3 Å². The van der Waals surface area contributed by atoms with Gasteiger partial charge in [0.1, 0.15) is 5.54 Å². The SMILES string of the molecule is CC1(C2CC2)NC(=O)N(CN2CCN(Cc3ccccc3)CC2)C1=O. The Morgan fingerprint density at radius 1 is 1.04 bits per heavy atom. The zero-order chi connectivity index (χ0) is 17.4. The van der Waals surface area contributed by atoms with E-state index in [0.29, 0.717) is 12.6 Å². The van der Waals surface area contributed by atoms with Crippen LogP contribution in [-0.2, 0) is 11.3 Å². The van der Waals surface area contributed by atoms with E-state index >= 15 is 0 Å². The lowest BCUT2D eigenvalue weighted by atomic mass is 9.96. The van der Waals surface area contributed by atoms with Crippen LogP contribution in [0.2, 0.25) is 0 Å². The average Bonchev–Trinajstić information content (AvgIpc) is 3.44. The first-order chi connectivity index (χ1) is 12.1. The van der Waals surface area contributed by atoms with E-state index in [9.17, 15) is 9.59 Å². The molecule has 4 rings (SSSR count). The molecule has 0 aromatic heterocycles. The van der Waals surface area contributed by atoms with Crippen LogP contribution < -0.4 is 5.32 Å². The summed E-state index contributed by atoms with van der Waals surface area (Å²) in [5.41, 5.74) is 0.650. The van der Waals surface area contributed by atoms with Crippen molar-refractivity contribution < 1.29 is 9.59 Å². The first kappa shape index (κ1) is 16.5. The number of imide groups is 1. The van der Waals surface area contributed by atoms with Crippen LogP contribution >= 0.6 is 0 Å². The number of carbonyl (C=O) groups is 2. The maximum Gasteiger partial charge on any atom is 0.326 e. The first-order valence-electron chi connectivity index (χ1n) is 9.19. The number of rotatable bonds is 5. The Labute approximate surface area is 148 Å². The van der Waals surface area contributed by atoms with Crippen LogP contribution in [0.4, 0.5) is 4.79 Å². The van der Waals surface area contributed by atoms with Crippen molar-refractivity contribution in [2.45, 2.75) is 31.8 Å². The minimum Gasteiger partial charge on any atom is -0.323 e. The van der Waals surface area contributed by atoms with Gasteiger partial charge in [-0.05, 0) is 31.2 Å². The van der Waals surface area contributed by atoms with Gasteiger partial charge in [0.2, 0.25) is 0 Å². The number of hydrogen-bond donors (Lipinski definition) is 1. The highest BCUT2D eigenvalue weighted by atomic mass is 16.2. The van der Waals surface area contributed by atoms with Crippen LogP contribution in [0.3, 0.4) is 0 Å². The van der Waals surface area contributed by atoms with Crippen LogP contribution in [0, 0.1) is 5.92 Å². The predicted octanol–water partition coefficient (Wildman–Crippen LogP) is 1.48. The van der Waals surface area contributed by atoms with E-state index in [0.717, 1.165) is 45.6 Å². The fourth-order valence-corrected chi connectivity index (χ4v) is 3.91. The Kier molecular flexibility index (Phi) is 4.25. The van der Waals surface area contributed by atoms with Gasteiger partial charge in [-0.3, -0.25) is 14.6 Å². The molecule has 3 fully saturated rings. The first-order valence-corrected chi connectivity index (χ1v) is 9.19. The third kappa shape index (κ3) is 3.28. The van der Waals surface area contributed by atoms with Crippen LogP contribution in [0.25, 0.3) is 0 Å². The normalized spacial score (nSPS) is 28.4. The zero-order valence-corrected chi connectivity index (χ0v) is 14.8. The molecule has 6 heteroatoms. The highest BCUT2D eigenvalue weighted by molar-refractivity contribution is 6.07. The van der Waals surface area contributed by atoms with E-state index in [4.69, 9.17) is 0 Å². The summed E-state index contributed by atoms with van der Waals surface area (Å²) in [7, 11) is 0. The van der Waals surface area contributed by atoms with Crippen molar-refractivity contribution in [3.63, 3.8) is 0 Å². The lowest BCUT2D eigenvalue weighted by Gasteiger charge is -2.36. The highest BCUT2D eigenvalue weighted by Crippen LogP contribution is 2.42. The molecule has 2 aliphatic heterocycles. The van der Waals surface area contributed by atoms with Crippen molar-refractivity contribution in [2.75, 3.05) is 32.8 Å². The summed E-state index contributed by atoms with van der Waals surface area (Å²) in [5, 5.41) is 2.92. The molecule has 1 aromatic carbocycles. The predicted molar refractivity (Wildman–Crippen MR) is 94.7 cm³/mol. The van der Waals surface area contributed by atoms with Crippen molar-refractivity contribution in [2.24, 2.45) is 5.92 Å². The average molecular weight is 342 g/mol. The molecule has 0 spiro atoms. The molecule has 0 bridgehead atoms. The Morgan fingerprint density at radius 3 is 2.32 bits per heavy atom. The Balaban J connectivity index is 1.30. The van der Waals surface area contributed by atoms with E-state index in [2.05, 4.69) is 39.4 Å². The van der Waals surface area contributed by atoms with Gasteiger partial charge in [-0.2, -0.15) is 0 Å². The second-order valence-electron chi connectivity index (χ2n) is 7.66. The van der Waals surface area contributed by atoms with Crippen molar-refractivity contribution in [1.29, 1.82) is 0 Å². The topological polar surface area (TPSA) is 55.9 Å². The number of amides is 3. The standard InChI is InChI=1S/C19H26N4O2/c1-19(16-7-8-16)17(24)23(18(25)20-19)14-22-11-9-21(10-12-22)13-15-5-3-2-4-6-15/h2-6,16H,7-14H2,1H3,(H,20,25). The van der Waals surface area contributed by atoms with Crippen LogP contribution in [-0.4, -0.2) is 65.0 Å². The zero-order valence-electron chi connectivity index (χ0n) is 14.8. The summed E-state index contributed by atoms with van der Waals surface area (Å²) >= 11 is 0. The van der Waals surface area contributed by atoms with Gasteiger partial charge in [-0.25, -0.2) is 9.69 Å². The number of hydrogen-bond acceptors (Lipinski definition) is 4. The van der Waals surface area contributed by atoms with E-state index in [1.807, 2.05) is 13.0 Å². The largest absolute Gasteiger partial charge is 0.326 e. The molecule has 3 aliphatic rings. The Morgan fingerprint density at radius 2 is 1.68 bits per heavy atom. The molecule has 2 saturated heterocycles. The van der Waals surface area contributed by atoms with Crippen LogP contribution in [0.1, 0.15) is 25.3 Å². The van der Waals surface area contributed by atoms with Crippen LogP contribution in [0.5, 0.6) is 0 Å². The quantitative estimate of drug-likeness (QED) is 0.824. The van der Waals surface area contributed by atoms with Crippen molar-refractivity contribution in [3.8, 4) is 0 Å². The lowest BCUT2D eigenvalue weighted by Crippen LogP contribution is -2.51. The summed E-state index contributed by atoms with van der Waals surface area (Å²) in [6.45, 7) is 6.91. The third-order valence-corrected chi connectivity index (χ3v) is 5.75. The number of piperazine rings is 1. The number of urea groups is 1. The molecule has 25 heavy (non-hydrogen) atoms. The molecule has 1 aliphatic carbocycles. The number of nitrogens with zero attached hydrogens (tertiary/aromatic N) is 3. The number of carbonyl (C=O) groups excluding carboxylic acids is 2. The summed E-state index contributed by atoms with van der Waals surface area (Å²) in [4.78, 5) is 31.0. The van der Waals surface area contributed by atoms with Gasteiger partial charge in [0.25, 0.3) is 5.91 Å². The minimum absolute atomic E-state index is 0.0493. The van der Waals surface area contributed by atoms with Gasteiger partial charge in [-0.15, -0.1) is 0 Å². The van der Waals surface area contributed by atoms with E-state index in [1.165, 1.54) is 10.5 Å². The second kappa shape index (κ2) is 6.42. The van der Waals surface area contributed by atoms with Crippen molar-refractivity contribution >= 4 is 11.9 Å². The summed E-state index contributed by atoms with van der Waals surface area (Å²) in [5.74, 6) is 0.267. The van der Waals surface area contributed by atoms with Gasteiger partial charge in [0.05, 0.1) is 6.67 Å². The van der Waals surface area contributed by atoms with E-state index < -0.39 is 5.54 Å². The van der Waals surface area contributed by atoms with Gasteiger partial charge in [-0.1, -0.05) is 30.3 Å². The molecule has 134 valence electrons. The maximum absolute atomic E-state index is 12.7. The number of nitrogens with one attached hydrogen (secondary N) is 1. The fourth-order valence-electron chi connectivity index (χ4n) is 3.91. The lowest BCUT2D eigenvalue weighted by molar-refractivity contribution is -0.133. The molecule has 2 heterocycles. The molecule has 1 unspecified atom stereocenters. The molecular formula is C19H26N4O2. The Hall–Kier alpha value is -1.92. The van der Waals surface area contributed by atoms with E-state index in [-0.39, 0.29) is 11.9 Å². The molecular weight excluding hydrogens is 316 g/mol. The summed E-state index contributed by atoms with van der Waals surface area (Å²) in [6, 6.07) is 10.2. The molecule has 1 atom stereocenters. The smallest absolute Gasteiger partial charge is 0.323 e. The molecule has 1 aromatic rings. The van der Waals surface area contributed by atoms with Crippen molar-refractivity contribution in [3.05, 3.63) is 35.9 Å². The fraction of sp³-hybridized carbons (Fsp3) is 0.579. The van der Waals surface area contributed by atoms with Gasteiger partial charge in [0.15, 0.2) is 0 Å². The van der Waals surface area contributed by atoms with Gasteiger partial charge < -0.3 is 5.32 Å². The van der Waals surface area contributed by atoms with E-state index in [1.54, 1.807) is 0 Å².